The molecule has 2 spiro atoms. The van der Waals surface area contributed by atoms with Crippen molar-refractivity contribution in [3.8, 4) is 66.8 Å². The van der Waals surface area contributed by atoms with Gasteiger partial charge in [-0.1, -0.05) is 234 Å². The van der Waals surface area contributed by atoms with Crippen LogP contribution in [0.5, 0.6) is 0 Å². The largest absolute Gasteiger partial charge is 0.456 e. The number of aryl methyl sites for hydroxylation is 1. The smallest absolute Gasteiger partial charge is 0.144 e. The van der Waals surface area contributed by atoms with Crippen molar-refractivity contribution in [3.05, 3.63) is 339 Å². The van der Waals surface area contributed by atoms with Crippen molar-refractivity contribution in [1.29, 1.82) is 0 Å². The molecular formula is C88H59NO2. The molecule has 428 valence electrons. The fraction of sp³-hybridized carbons (Fsp3) is 0.125. The standard InChI is InChI=1S/C88H59NO2/c1-85(2)63-28-12-9-25-57(63)79-80-60-27-11-18-35-75(60)91-84(80)81-58-41-38-50(46-69(58)86(3,4)83(81)82(79)85)51(73-33-19-20-44-89-73)39-36-49-37-40-56-61-47-72-62(48-71(61)88(70(56)45-49)66-31-15-7-23-54(66)55-24-8-16-32-67(55)88)77-68(42-43-76-78(77)59-26-10-17-34-74(59)90-76)87(72)64-29-13-5-21-52(64)53-22-6-14-30-65(53)87/h5-35,37-38,40-48,51H,36,39H2,1-4H3. The number of hydrogen-bond donors (Lipinski definition) is 0. The Morgan fingerprint density at radius 2 is 0.846 bits per heavy atom. The zero-order chi connectivity index (χ0) is 60.0. The number of benzene rings is 12. The minimum atomic E-state index is -0.584. The minimum Gasteiger partial charge on any atom is -0.456 e. The van der Waals surface area contributed by atoms with Crippen LogP contribution >= 0.6 is 0 Å². The second-order valence-corrected chi connectivity index (χ2v) is 27.7. The van der Waals surface area contributed by atoms with Gasteiger partial charge in [-0.2, -0.15) is 0 Å². The Morgan fingerprint density at radius 1 is 0.341 bits per heavy atom. The molecule has 0 amide bonds. The van der Waals surface area contributed by atoms with E-state index in [0.29, 0.717) is 0 Å². The summed E-state index contributed by atoms with van der Waals surface area (Å²) in [6, 6.07) is 94.6. The first-order chi connectivity index (χ1) is 44.7. The van der Waals surface area contributed by atoms with Gasteiger partial charge in [-0.15, -0.1) is 0 Å². The molecule has 1 atom stereocenters. The summed E-state index contributed by atoms with van der Waals surface area (Å²) in [6.07, 6.45) is 3.71. The second kappa shape index (κ2) is 17.2. The zero-order valence-electron chi connectivity index (χ0n) is 51.0. The SMILES string of the molecule is CC1(C)c2cc(C(CCc3ccc4c(c3)C3(c5ccccc5-c5ccccc53)c3cc5c(cc3-4)C3(c4ccccc4-c4ccccc43)c3ccc4oc6ccccc6c4c3-5)c3ccccn3)ccc2-c2c1c1c(c3c2oc2ccccc23)-c2ccccc2C1(C)C. The minimum absolute atomic E-state index is 0.0308. The van der Waals surface area contributed by atoms with Crippen molar-refractivity contribution in [2.45, 2.75) is 68.1 Å². The van der Waals surface area contributed by atoms with E-state index >= 15 is 0 Å². The number of para-hydroxylation sites is 2. The Morgan fingerprint density at radius 3 is 1.52 bits per heavy atom. The summed E-state index contributed by atoms with van der Waals surface area (Å²) in [7, 11) is 0. The van der Waals surface area contributed by atoms with Crippen LogP contribution in [0, 0.1) is 0 Å². The lowest BCUT2D eigenvalue weighted by Crippen LogP contribution is -2.27. The number of rotatable bonds is 5. The third-order valence-corrected chi connectivity index (χ3v) is 23.0. The van der Waals surface area contributed by atoms with Crippen molar-refractivity contribution in [2.75, 3.05) is 0 Å². The highest BCUT2D eigenvalue weighted by Crippen LogP contribution is 2.70. The van der Waals surface area contributed by atoms with Crippen LogP contribution in [0.2, 0.25) is 0 Å². The fourth-order valence-electron chi connectivity index (χ4n) is 19.4. The molecule has 3 aromatic heterocycles. The molecule has 0 aliphatic heterocycles. The Bertz CT molecular complexity index is 5710. The summed E-state index contributed by atoms with van der Waals surface area (Å²) in [5.74, 6) is 0.0308. The van der Waals surface area contributed by atoms with Gasteiger partial charge < -0.3 is 8.83 Å². The first-order valence-electron chi connectivity index (χ1n) is 32.5. The van der Waals surface area contributed by atoms with Crippen LogP contribution in [0.25, 0.3) is 111 Å². The predicted molar refractivity (Wildman–Crippen MR) is 370 cm³/mol. The Labute approximate surface area is 528 Å². The summed E-state index contributed by atoms with van der Waals surface area (Å²) in [5, 5.41) is 4.75. The van der Waals surface area contributed by atoms with E-state index in [0.717, 1.165) is 46.3 Å². The number of pyridine rings is 1. The Balaban J connectivity index is 0.749. The number of nitrogens with zero attached hydrogens (tertiary/aromatic N) is 1. The van der Waals surface area contributed by atoms with Gasteiger partial charge in [0.05, 0.1) is 10.8 Å². The number of fused-ring (bicyclic) bond motifs is 36. The molecule has 1 unspecified atom stereocenters. The van der Waals surface area contributed by atoms with E-state index in [9.17, 15) is 0 Å². The van der Waals surface area contributed by atoms with Crippen molar-refractivity contribution < 1.29 is 8.83 Å². The van der Waals surface area contributed by atoms with Crippen LogP contribution in [-0.2, 0) is 28.1 Å². The van der Waals surface area contributed by atoms with E-state index in [2.05, 4.69) is 276 Å². The van der Waals surface area contributed by atoms with Crippen LogP contribution < -0.4 is 0 Å². The van der Waals surface area contributed by atoms with Gasteiger partial charge in [0.15, 0.2) is 0 Å². The van der Waals surface area contributed by atoms with E-state index in [1.54, 1.807) is 0 Å². The molecule has 15 aromatic rings. The lowest BCUT2D eigenvalue weighted by molar-refractivity contribution is 0.598. The molecular weight excluding hydrogens is 1100 g/mol. The van der Waals surface area contributed by atoms with Crippen molar-refractivity contribution in [1.82, 2.24) is 4.98 Å². The predicted octanol–water partition coefficient (Wildman–Crippen LogP) is 21.9. The van der Waals surface area contributed by atoms with E-state index in [1.807, 2.05) is 6.20 Å². The maximum absolute atomic E-state index is 7.11. The van der Waals surface area contributed by atoms with Gasteiger partial charge >= 0.3 is 0 Å². The quantitative estimate of drug-likeness (QED) is 0.172. The van der Waals surface area contributed by atoms with Crippen LogP contribution in [0.15, 0.2) is 264 Å². The lowest BCUT2D eigenvalue weighted by Gasteiger charge is -2.32. The summed E-state index contributed by atoms with van der Waals surface area (Å²) >= 11 is 0. The first kappa shape index (κ1) is 50.3. The van der Waals surface area contributed by atoms with E-state index in [1.165, 1.54) is 161 Å². The van der Waals surface area contributed by atoms with Crippen molar-refractivity contribution >= 4 is 43.9 Å². The highest BCUT2D eigenvalue weighted by atomic mass is 16.3. The Hall–Kier alpha value is -10.6. The molecule has 0 radical (unpaired) electrons. The Kier molecular flexibility index (Phi) is 9.51. The highest BCUT2D eigenvalue weighted by molar-refractivity contribution is 6.21. The van der Waals surface area contributed by atoms with E-state index in [-0.39, 0.29) is 16.7 Å². The third kappa shape index (κ3) is 5.96. The summed E-state index contributed by atoms with van der Waals surface area (Å²) in [4.78, 5) is 5.20. The topological polar surface area (TPSA) is 39.2 Å². The summed E-state index contributed by atoms with van der Waals surface area (Å²) in [5.41, 5.74) is 37.6. The zero-order valence-corrected chi connectivity index (χ0v) is 51.0. The normalized spacial score (nSPS) is 16.1. The molecule has 12 aromatic carbocycles. The fourth-order valence-corrected chi connectivity index (χ4v) is 19.4. The van der Waals surface area contributed by atoms with Crippen LogP contribution in [0.1, 0.15) is 124 Å². The third-order valence-electron chi connectivity index (χ3n) is 23.0. The number of hydrogen-bond acceptors (Lipinski definition) is 3. The molecule has 91 heavy (non-hydrogen) atoms. The molecule has 0 saturated carbocycles. The maximum Gasteiger partial charge on any atom is 0.144 e. The monoisotopic (exact) mass is 1160 g/mol. The second-order valence-electron chi connectivity index (χ2n) is 27.7. The maximum atomic E-state index is 7.11. The van der Waals surface area contributed by atoms with Gasteiger partial charge in [0.25, 0.3) is 0 Å². The van der Waals surface area contributed by atoms with Crippen LogP contribution in [0.4, 0.5) is 0 Å². The average Bonchev–Trinajstić information content (AvgIpc) is 1.50. The van der Waals surface area contributed by atoms with Crippen molar-refractivity contribution in [3.63, 3.8) is 0 Å². The molecule has 6 aliphatic carbocycles. The molecule has 0 bridgehead atoms. The van der Waals surface area contributed by atoms with E-state index < -0.39 is 10.8 Å². The van der Waals surface area contributed by atoms with Gasteiger partial charge in [0.1, 0.15) is 22.3 Å². The molecule has 3 nitrogen and oxygen atoms in total. The average molecular weight is 1160 g/mol. The summed E-state index contributed by atoms with van der Waals surface area (Å²) in [6.45, 7) is 9.79. The van der Waals surface area contributed by atoms with Crippen LogP contribution in [0.3, 0.4) is 0 Å². The molecule has 3 heterocycles. The molecule has 21 rings (SSSR count). The molecule has 0 N–H and O–H groups in total. The van der Waals surface area contributed by atoms with E-state index in [4.69, 9.17) is 13.8 Å². The first-order valence-corrected chi connectivity index (χ1v) is 32.5. The van der Waals surface area contributed by atoms with Gasteiger partial charge in [-0.3, -0.25) is 4.98 Å². The lowest BCUT2D eigenvalue weighted by atomic mass is 9.68. The summed E-state index contributed by atoms with van der Waals surface area (Å²) < 4.78 is 13.9. The van der Waals surface area contributed by atoms with Crippen molar-refractivity contribution in [2.24, 2.45) is 0 Å². The molecule has 0 saturated heterocycles. The highest BCUT2D eigenvalue weighted by Gasteiger charge is 2.57. The van der Waals surface area contributed by atoms with Gasteiger partial charge in [-0.25, -0.2) is 0 Å². The van der Waals surface area contributed by atoms with Gasteiger partial charge in [0, 0.05) is 55.7 Å². The van der Waals surface area contributed by atoms with Gasteiger partial charge in [-0.05, 0) is 194 Å². The number of aromatic nitrogens is 1. The van der Waals surface area contributed by atoms with Gasteiger partial charge in [0.2, 0.25) is 0 Å². The number of furan rings is 2. The van der Waals surface area contributed by atoms with Crippen LogP contribution in [-0.4, -0.2) is 4.98 Å². The molecule has 0 fully saturated rings. The molecule has 3 heteroatoms. The molecule has 6 aliphatic rings.